The molecule has 0 aliphatic heterocycles. The summed E-state index contributed by atoms with van der Waals surface area (Å²) in [6.07, 6.45) is 8.83. The van der Waals surface area contributed by atoms with E-state index in [4.69, 9.17) is 5.11 Å². The predicted molar refractivity (Wildman–Crippen MR) is 79.3 cm³/mol. The number of nitrogens with one attached hydrogen (secondary N) is 1. The van der Waals surface area contributed by atoms with Crippen LogP contribution in [0.2, 0.25) is 0 Å². The third kappa shape index (κ3) is 6.95. The van der Waals surface area contributed by atoms with Crippen molar-refractivity contribution in [3.63, 3.8) is 0 Å². The second kappa shape index (κ2) is 7.88. The Kier molecular flexibility index (Phi) is 6.84. The molecule has 1 aliphatic rings. The standard InChI is InChI=1S/C16H31NO2/c1-4-13-6-5-7-14(12-13)17-11-10-16(2,3)9-8-15(18)19/h13-14,17H,4-12H2,1-3H3,(H,18,19). The molecule has 3 heteroatoms. The lowest BCUT2D eigenvalue weighted by Gasteiger charge is -2.31. The Balaban J connectivity index is 2.19. The molecule has 0 spiro atoms. The van der Waals surface area contributed by atoms with Gasteiger partial charge in [-0.05, 0) is 43.6 Å². The van der Waals surface area contributed by atoms with Crippen LogP contribution in [0.5, 0.6) is 0 Å². The largest absolute Gasteiger partial charge is 0.481 e. The predicted octanol–water partition coefficient (Wildman–Crippen LogP) is 3.83. The molecule has 0 saturated heterocycles. The van der Waals surface area contributed by atoms with Crippen LogP contribution in [0.15, 0.2) is 0 Å². The zero-order valence-corrected chi connectivity index (χ0v) is 12.9. The molecule has 0 amide bonds. The fraction of sp³-hybridized carbons (Fsp3) is 0.938. The van der Waals surface area contributed by atoms with E-state index in [1.807, 2.05) is 0 Å². The highest BCUT2D eigenvalue weighted by molar-refractivity contribution is 5.66. The highest BCUT2D eigenvalue weighted by atomic mass is 16.4. The summed E-state index contributed by atoms with van der Waals surface area (Å²) in [5, 5.41) is 12.4. The van der Waals surface area contributed by atoms with Crippen molar-refractivity contribution in [1.29, 1.82) is 0 Å². The van der Waals surface area contributed by atoms with Crippen molar-refractivity contribution in [3.05, 3.63) is 0 Å². The molecule has 2 unspecified atom stereocenters. The molecule has 0 bridgehead atoms. The quantitative estimate of drug-likeness (QED) is 0.704. The molecule has 1 saturated carbocycles. The van der Waals surface area contributed by atoms with Crippen LogP contribution in [-0.2, 0) is 4.79 Å². The van der Waals surface area contributed by atoms with Gasteiger partial charge in [-0.1, -0.05) is 40.0 Å². The minimum atomic E-state index is -0.681. The van der Waals surface area contributed by atoms with Crippen molar-refractivity contribution in [2.75, 3.05) is 6.54 Å². The van der Waals surface area contributed by atoms with Crippen LogP contribution in [-0.4, -0.2) is 23.7 Å². The minimum absolute atomic E-state index is 0.129. The first kappa shape index (κ1) is 16.5. The normalized spacial score (nSPS) is 24.4. The molecule has 1 fully saturated rings. The SMILES string of the molecule is CCC1CCCC(NCCC(C)(C)CCC(=O)O)C1. The molecule has 0 aromatic heterocycles. The molecular formula is C16H31NO2. The van der Waals surface area contributed by atoms with Gasteiger partial charge in [-0.25, -0.2) is 0 Å². The number of carboxylic acids is 1. The minimum Gasteiger partial charge on any atom is -0.481 e. The number of aliphatic carboxylic acids is 1. The van der Waals surface area contributed by atoms with E-state index in [0.717, 1.165) is 25.3 Å². The van der Waals surface area contributed by atoms with Gasteiger partial charge in [-0.15, -0.1) is 0 Å². The topological polar surface area (TPSA) is 49.3 Å². The molecule has 0 aromatic rings. The summed E-state index contributed by atoms with van der Waals surface area (Å²) in [5.74, 6) is 0.227. The van der Waals surface area contributed by atoms with Gasteiger partial charge in [0.05, 0.1) is 0 Å². The molecule has 0 aromatic carbocycles. The van der Waals surface area contributed by atoms with Gasteiger partial charge in [-0.3, -0.25) is 4.79 Å². The first-order valence-corrected chi connectivity index (χ1v) is 7.88. The average molecular weight is 269 g/mol. The summed E-state index contributed by atoms with van der Waals surface area (Å²) in [4.78, 5) is 10.6. The zero-order valence-electron chi connectivity index (χ0n) is 12.9. The maximum Gasteiger partial charge on any atom is 0.303 e. The molecule has 2 atom stereocenters. The Morgan fingerprint density at radius 2 is 2.05 bits per heavy atom. The molecule has 2 N–H and O–H groups in total. The maximum absolute atomic E-state index is 10.6. The fourth-order valence-corrected chi connectivity index (χ4v) is 3.03. The number of carboxylic acid groups (broad SMARTS) is 1. The summed E-state index contributed by atoms with van der Waals surface area (Å²) in [7, 11) is 0. The van der Waals surface area contributed by atoms with Crippen LogP contribution < -0.4 is 5.32 Å². The third-order valence-electron chi connectivity index (χ3n) is 4.61. The van der Waals surface area contributed by atoms with E-state index in [9.17, 15) is 4.79 Å². The molecule has 19 heavy (non-hydrogen) atoms. The van der Waals surface area contributed by atoms with E-state index in [2.05, 4.69) is 26.1 Å². The number of carbonyl (C=O) groups is 1. The van der Waals surface area contributed by atoms with Crippen LogP contribution in [0.25, 0.3) is 0 Å². The van der Waals surface area contributed by atoms with Crippen LogP contribution in [0, 0.1) is 11.3 Å². The van der Waals surface area contributed by atoms with E-state index in [1.54, 1.807) is 0 Å². The molecule has 3 nitrogen and oxygen atoms in total. The smallest absolute Gasteiger partial charge is 0.303 e. The van der Waals surface area contributed by atoms with Crippen molar-refractivity contribution in [2.45, 2.75) is 78.2 Å². The van der Waals surface area contributed by atoms with Crippen molar-refractivity contribution in [1.82, 2.24) is 5.32 Å². The van der Waals surface area contributed by atoms with E-state index in [0.29, 0.717) is 6.04 Å². The zero-order chi connectivity index (χ0) is 14.3. The third-order valence-corrected chi connectivity index (χ3v) is 4.61. The molecule has 1 aliphatic carbocycles. The lowest BCUT2D eigenvalue weighted by Crippen LogP contribution is -2.36. The molecule has 0 heterocycles. The van der Waals surface area contributed by atoms with Gasteiger partial charge in [0, 0.05) is 12.5 Å². The Hall–Kier alpha value is -0.570. The van der Waals surface area contributed by atoms with Gasteiger partial charge in [0.15, 0.2) is 0 Å². The summed E-state index contributed by atoms with van der Waals surface area (Å²) >= 11 is 0. The summed E-state index contributed by atoms with van der Waals surface area (Å²) < 4.78 is 0. The Labute approximate surface area is 118 Å². The van der Waals surface area contributed by atoms with Crippen LogP contribution >= 0.6 is 0 Å². The second-order valence-corrected chi connectivity index (χ2v) is 6.90. The molecule has 1 rings (SSSR count). The number of hydrogen-bond acceptors (Lipinski definition) is 2. The van der Waals surface area contributed by atoms with Crippen LogP contribution in [0.3, 0.4) is 0 Å². The molecular weight excluding hydrogens is 238 g/mol. The van der Waals surface area contributed by atoms with Gasteiger partial charge in [0.2, 0.25) is 0 Å². The average Bonchev–Trinajstić information content (AvgIpc) is 2.37. The van der Waals surface area contributed by atoms with E-state index < -0.39 is 5.97 Å². The fourth-order valence-electron chi connectivity index (χ4n) is 3.03. The Morgan fingerprint density at radius 3 is 2.68 bits per heavy atom. The molecule has 112 valence electrons. The summed E-state index contributed by atoms with van der Waals surface area (Å²) in [5.41, 5.74) is 0.129. The lowest BCUT2D eigenvalue weighted by atomic mass is 9.82. The summed E-state index contributed by atoms with van der Waals surface area (Å²) in [6, 6.07) is 0.689. The van der Waals surface area contributed by atoms with Crippen molar-refractivity contribution >= 4 is 5.97 Å². The van der Waals surface area contributed by atoms with Crippen LogP contribution in [0.4, 0.5) is 0 Å². The van der Waals surface area contributed by atoms with Gasteiger partial charge in [0.25, 0.3) is 0 Å². The van der Waals surface area contributed by atoms with Crippen molar-refractivity contribution in [3.8, 4) is 0 Å². The van der Waals surface area contributed by atoms with Gasteiger partial charge >= 0.3 is 5.97 Å². The monoisotopic (exact) mass is 269 g/mol. The van der Waals surface area contributed by atoms with Crippen LogP contribution in [0.1, 0.15) is 72.1 Å². The van der Waals surface area contributed by atoms with Crippen molar-refractivity contribution < 1.29 is 9.90 Å². The van der Waals surface area contributed by atoms with Gasteiger partial charge in [-0.2, -0.15) is 0 Å². The van der Waals surface area contributed by atoms with Gasteiger partial charge in [0.1, 0.15) is 0 Å². The highest BCUT2D eigenvalue weighted by Gasteiger charge is 2.22. The molecule has 0 radical (unpaired) electrons. The number of rotatable bonds is 8. The van der Waals surface area contributed by atoms with Gasteiger partial charge < -0.3 is 10.4 Å². The van der Waals surface area contributed by atoms with E-state index in [-0.39, 0.29) is 11.8 Å². The second-order valence-electron chi connectivity index (χ2n) is 6.90. The van der Waals surface area contributed by atoms with E-state index in [1.165, 1.54) is 32.1 Å². The first-order chi connectivity index (χ1) is 8.93. The van der Waals surface area contributed by atoms with E-state index >= 15 is 0 Å². The lowest BCUT2D eigenvalue weighted by molar-refractivity contribution is -0.137. The number of hydrogen-bond donors (Lipinski definition) is 2. The summed E-state index contributed by atoms with van der Waals surface area (Å²) in [6.45, 7) is 7.66. The first-order valence-electron chi connectivity index (χ1n) is 7.88. The Morgan fingerprint density at radius 1 is 1.32 bits per heavy atom. The maximum atomic E-state index is 10.6. The highest BCUT2D eigenvalue weighted by Crippen LogP contribution is 2.28. The Bertz CT molecular complexity index is 276. The van der Waals surface area contributed by atoms with Crippen molar-refractivity contribution in [2.24, 2.45) is 11.3 Å².